The van der Waals surface area contributed by atoms with Crippen molar-refractivity contribution in [2.24, 2.45) is 0 Å². The summed E-state index contributed by atoms with van der Waals surface area (Å²) >= 11 is 0. The lowest BCUT2D eigenvalue weighted by atomic mass is 10.1. The van der Waals surface area contributed by atoms with E-state index < -0.39 is 10.9 Å². The molecule has 0 radical (unpaired) electrons. The third-order valence-corrected chi connectivity index (χ3v) is 3.32. The van der Waals surface area contributed by atoms with Crippen molar-refractivity contribution in [2.45, 2.75) is 18.9 Å². The second kappa shape index (κ2) is 5.23. The molecule has 1 aliphatic rings. The van der Waals surface area contributed by atoms with E-state index in [0.717, 1.165) is 12.8 Å². The van der Waals surface area contributed by atoms with Crippen LogP contribution < -0.4 is 4.90 Å². The van der Waals surface area contributed by atoms with E-state index >= 15 is 0 Å². The SMILES string of the molecule is O=C(O)c1ccc([N+](=O)[O-])c(N2CCCC2CO)c1. The molecule has 1 fully saturated rings. The van der Waals surface area contributed by atoms with Gasteiger partial charge in [-0.3, -0.25) is 10.1 Å². The van der Waals surface area contributed by atoms with Crippen molar-refractivity contribution in [1.82, 2.24) is 0 Å². The molecular weight excluding hydrogens is 252 g/mol. The highest BCUT2D eigenvalue weighted by atomic mass is 16.6. The summed E-state index contributed by atoms with van der Waals surface area (Å²) in [6, 6.07) is 3.52. The summed E-state index contributed by atoms with van der Waals surface area (Å²) in [5, 5.41) is 29.3. The van der Waals surface area contributed by atoms with Crippen LogP contribution in [0.2, 0.25) is 0 Å². The molecule has 1 aliphatic heterocycles. The van der Waals surface area contributed by atoms with Gasteiger partial charge in [-0.25, -0.2) is 4.79 Å². The number of aliphatic hydroxyl groups excluding tert-OH is 1. The van der Waals surface area contributed by atoms with Crippen molar-refractivity contribution in [1.29, 1.82) is 0 Å². The molecule has 7 heteroatoms. The van der Waals surface area contributed by atoms with Crippen molar-refractivity contribution in [3.05, 3.63) is 33.9 Å². The summed E-state index contributed by atoms with van der Waals surface area (Å²) in [6.45, 7) is 0.476. The lowest BCUT2D eigenvalue weighted by Crippen LogP contribution is -2.32. The molecule has 1 atom stereocenters. The lowest BCUT2D eigenvalue weighted by molar-refractivity contribution is -0.384. The van der Waals surface area contributed by atoms with Crippen LogP contribution in [0.25, 0.3) is 0 Å². The van der Waals surface area contributed by atoms with Gasteiger partial charge < -0.3 is 15.1 Å². The van der Waals surface area contributed by atoms with Crippen molar-refractivity contribution < 1.29 is 19.9 Å². The smallest absolute Gasteiger partial charge is 0.335 e. The van der Waals surface area contributed by atoms with E-state index in [4.69, 9.17) is 5.11 Å². The number of hydrogen-bond acceptors (Lipinski definition) is 5. The number of carboxylic acid groups (broad SMARTS) is 1. The van der Waals surface area contributed by atoms with Crippen molar-refractivity contribution in [3.8, 4) is 0 Å². The van der Waals surface area contributed by atoms with Crippen LogP contribution in [0.15, 0.2) is 18.2 Å². The standard InChI is InChI=1S/C12H14N2O5/c15-7-9-2-1-5-13(9)11-6-8(12(16)17)3-4-10(11)14(18)19/h3-4,6,9,15H,1-2,5,7H2,(H,16,17). The molecule has 0 aromatic heterocycles. The molecule has 0 aliphatic carbocycles. The highest BCUT2D eigenvalue weighted by Crippen LogP contribution is 2.34. The molecule has 0 saturated carbocycles. The summed E-state index contributed by atoms with van der Waals surface area (Å²) in [7, 11) is 0. The van der Waals surface area contributed by atoms with Gasteiger partial charge in [0.05, 0.1) is 23.1 Å². The normalized spacial score (nSPS) is 18.6. The Morgan fingerprint density at radius 1 is 1.53 bits per heavy atom. The van der Waals surface area contributed by atoms with Crippen molar-refractivity contribution in [3.63, 3.8) is 0 Å². The number of anilines is 1. The molecule has 0 spiro atoms. The van der Waals surface area contributed by atoms with Gasteiger partial charge in [0.15, 0.2) is 0 Å². The molecule has 19 heavy (non-hydrogen) atoms. The number of nitro groups is 1. The molecule has 1 heterocycles. The largest absolute Gasteiger partial charge is 0.478 e. The van der Waals surface area contributed by atoms with Gasteiger partial charge in [-0.05, 0) is 25.0 Å². The first-order chi connectivity index (χ1) is 9.04. The quantitative estimate of drug-likeness (QED) is 0.628. The van der Waals surface area contributed by atoms with Crippen LogP contribution in [0.1, 0.15) is 23.2 Å². The summed E-state index contributed by atoms with van der Waals surface area (Å²) in [5.74, 6) is -1.13. The van der Waals surface area contributed by atoms with Gasteiger partial charge in [0.2, 0.25) is 0 Å². The molecule has 1 aromatic rings. The van der Waals surface area contributed by atoms with Gasteiger partial charge >= 0.3 is 5.97 Å². The van der Waals surface area contributed by atoms with E-state index in [1.807, 2.05) is 0 Å². The Morgan fingerprint density at radius 2 is 2.26 bits per heavy atom. The Kier molecular flexibility index (Phi) is 3.66. The van der Waals surface area contributed by atoms with E-state index in [0.29, 0.717) is 6.54 Å². The van der Waals surface area contributed by atoms with Crippen LogP contribution in [0.3, 0.4) is 0 Å². The Morgan fingerprint density at radius 3 is 2.84 bits per heavy atom. The van der Waals surface area contributed by atoms with E-state index in [2.05, 4.69) is 0 Å². The number of carboxylic acids is 1. The topological polar surface area (TPSA) is 104 Å². The Balaban J connectivity index is 2.48. The molecule has 2 N–H and O–H groups in total. The fourth-order valence-electron chi connectivity index (χ4n) is 2.38. The zero-order valence-corrected chi connectivity index (χ0v) is 10.2. The first kappa shape index (κ1) is 13.3. The number of rotatable bonds is 4. The Labute approximate surface area is 109 Å². The van der Waals surface area contributed by atoms with E-state index in [9.17, 15) is 20.0 Å². The molecule has 7 nitrogen and oxygen atoms in total. The second-order valence-corrected chi connectivity index (χ2v) is 4.44. The van der Waals surface area contributed by atoms with Crippen molar-refractivity contribution in [2.75, 3.05) is 18.1 Å². The van der Waals surface area contributed by atoms with Crippen LogP contribution in [0, 0.1) is 10.1 Å². The number of aliphatic hydroxyl groups is 1. The number of aromatic carboxylic acids is 1. The molecule has 1 unspecified atom stereocenters. The van der Waals surface area contributed by atoms with Crippen molar-refractivity contribution >= 4 is 17.3 Å². The molecule has 102 valence electrons. The highest BCUT2D eigenvalue weighted by molar-refractivity contribution is 5.90. The maximum Gasteiger partial charge on any atom is 0.335 e. The maximum atomic E-state index is 11.0. The summed E-state index contributed by atoms with van der Waals surface area (Å²) in [4.78, 5) is 23.2. The van der Waals surface area contributed by atoms with Gasteiger partial charge in [-0.2, -0.15) is 0 Å². The first-order valence-electron chi connectivity index (χ1n) is 5.94. The predicted molar refractivity (Wildman–Crippen MR) is 67.5 cm³/mol. The number of hydrogen-bond donors (Lipinski definition) is 2. The zero-order chi connectivity index (χ0) is 14.0. The minimum atomic E-state index is -1.13. The fraction of sp³-hybridized carbons (Fsp3) is 0.417. The number of nitrogens with zero attached hydrogens (tertiary/aromatic N) is 2. The summed E-state index contributed by atoms with van der Waals surface area (Å²) in [5.41, 5.74) is 0.135. The molecule has 0 amide bonds. The Bertz CT molecular complexity index is 517. The molecule has 2 rings (SSSR count). The monoisotopic (exact) mass is 266 g/mol. The first-order valence-corrected chi connectivity index (χ1v) is 5.94. The third kappa shape index (κ3) is 2.50. The average Bonchev–Trinajstić information content (AvgIpc) is 2.85. The summed E-state index contributed by atoms with van der Waals surface area (Å²) in [6.07, 6.45) is 1.56. The van der Waals surface area contributed by atoms with Gasteiger partial charge in [0.1, 0.15) is 5.69 Å². The average molecular weight is 266 g/mol. The second-order valence-electron chi connectivity index (χ2n) is 4.44. The number of nitro benzene ring substituents is 1. The van der Waals surface area contributed by atoms with Gasteiger partial charge in [-0.1, -0.05) is 0 Å². The maximum absolute atomic E-state index is 11.0. The van der Waals surface area contributed by atoms with E-state index in [1.165, 1.54) is 18.2 Å². The summed E-state index contributed by atoms with van der Waals surface area (Å²) < 4.78 is 0. The van der Waals surface area contributed by atoms with Gasteiger partial charge in [-0.15, -0.1) is 0 Å². The molecule has 0 bridgehead atoms. The minimum absolute atomic E-state index is 0.00388. The predicted octanol–water partition coefficient (Wildman–Crippen LogP) is 1.25. The van der Waals surface area contributed by atoms with Crippen LogP contribution in [-0.4, -0.2) is 40.3 Å². The van der Waals surface area contributed by atoms with Crippen LogP contribution >= 0.6 is 0 Å². The fourth-order valence-corrected chi connectivity index (χ4v) is 2.38. The van der Waals surface area contributed by atoms with Crippen LogP contribution in [0.4, 0.5) is 11.4 Å². The lowest BCUT2D eigenvalue weighted by Gasteiger charge is -2.25. The molecule has 1 aromatic carbocycles. The van der Waals surface area contributed by atoms with Crippen LogP contribution in [0.5, 0.6) is 0 Å². The molecular formula is C12H14N2O5. The van der Waals surface area contributed by atoms with Crippen LogP contribution in [-0.2, 0) is 0 Å². The zero-order valence-electron chi connectivity index (χ0n) is 10.2. The van der Waals surface area contributed by atoms with Gasteiger partial charge in [0.25, 0.3) is 5.69 Å². The van der Waals surface area contributed by atoms with E-state index in [1.54, 1.807) is 4.90 Å². The Hall–Kier alpha value is -2.15. The number of carbonyl (C=O) groups is 1. The highest BCUT2D eigenvalue weighted by Gasteiger charge is 2.30. The van der Waals surface area contributed by atoms with E-state index in [-0.39, 0.29) is 29.6 Å². The van der Waals surface area contributed by atoms with Gasteiger partial charge in [0, 0.05) is 12.6 Å². The molecule has 1 saturated heterocycles. The number of benzene rings is 1. The minimum Gasteiger partial charge on any atom is -0.478 e. The third-order valence-electron chi connectivity index (χ3n) is 3.32.